The highest BCUT2D eigenvalue weighted by Crippen LogP contribution is 2.22. The Labute approximate surface area is 160 Å². The third-order valence-electron chi connectivity index (χ3n) is 4.78. The second kappa shape index (κ2) is 9.06. The Morgan fingerprint density at radius 1 is 1.12 bits per heavy atom. The summed E-state index contributed by atoms with van der Waals surface area (Å²) in [7, 11) is 0. The molecule has 1 saturated heterocycles. The lowest BCUT2D eigenvalue weighted by Crippen LogP contribution is -2.32. The number of thioether (sulfide) groups is 1. The fourth-order valence-electron chi connectivity index (χ4n) is 3.14. The molecule has 0 radical (unpaired) electrons. The average Bonchev–Trinajstić information content (AvgIpc) is 2.66. The van der Waals surface area contributed by atoms with E-state index in [4.69, 9.17) is 0 Å². The van der Waals surface area contributed by atoms with Crippen molar-refractivity contribution in [2.75, 3.05) is 29.9 Å². The van der Waals surface area contributed by atoms with Gasteiger partial charge in [0, 0.05) is 42.9 Å². The molecule has 4 heteroatoms. The number of rotatable bonds is 5. The third-order valence-corrected chi connectivity index (χ3v) is 5.72. The number of allylic oxidation sites excluding steroid dienone is 1. The average molecular weight is 367 g/mol. The van der Waals surface area contributed by atoms with Gasteiger partial charge in [0.1, 0.15) is 0 Å². The van der Waals surface area contributed by atoms with Crippen LogP contribution in [-0.2, 0) is 11.3 Å². The van der Waals surface area contributed by atoms with Gasteiger partial charge in [-0.15, -0.1) is 0 Å². The van der Waals surface area contributed by atoms with Crippen LogP contribution in [0.2, 0.25) is 0 Å². The van der Waals surface area contributed by atoms with E-state index in [2.05, 4.69) is 23.2 Å². The van der Waals surface area contributed by atoms with Crippen molar-refractivity contribution < 1.29 is 4.79 Å². The van der Waals surface area contributed by atoms with Crippen LogP contribution in [0.25, 0.3) is 5.57 Å². The Balaban J connectivity index is 1.69. The van der Waals surface area contributed by atoms with Crippen LogP contribution in [0.1, 0.15) is 23.6 Å². The predicted molar refractivity (Wildman–Crippen MR) is 113 cm³/mol. The van der Waals surface area contributed by atoms with Crippen molar-refractivity contribution in [3.8, 4) is 0 Å². The molecular weight excluding hydrogens is 340 g/mol. The van der Waals surface area contributed by atoms with E-state index in [0.29, 0.717) is 0 Å². The zero-order valence-corrected chi connectivity index (χ0v) is 16.3. The molecule has 0 saturated carbocycles. The summed E-state index contributed by atoms with van der Waals surface area (Å²) in [5.74, 6) is 2.33. The highest BCUT2D eigenvalue weighted by molar-refractivity contribution is 7.99. The molecule has 0 spiro atoms. The van der Waals surface area contributed by atoms with Crippen LogP contribution < -0.4 is 5.32 Å². The van der Waals surface area contributed by atoms with Crippen molar-refractivity contribution in [2.24, 2.45) is 0 Å². The van der Waals surface area contributed by atoms with Crippen molar-refractivity contribution in [3.05, 3.63) is 71.3 Å². The summed E-state index contributed by atoms with van der Waals surface area (Å²) in [6.45, 7) is 7.29. The number of carbonyl (C=O) groups excluding carboxylic acids is 1. The molecule has 136 valence electrons. The summed E-state index contributed by atoms with van der Waals surface area (Å²) in [5.41, 5.74) is 5.37. The van der Waals surface area contributed by atoms with Crippen molar-refractivity contribution in [1.82, 2.24) is 4.90 Å². The predicted octanol–water partition coefficient (Wildman–Crippen LogP) is 4.59. The Bertz CT molecular complexity index is 780. The number of hydrogen-bond acceptors (Lipinski definition) is 3. The minimum Gasteiger partial charge on any atom is -0.322 e. The molecule has 2 aromatic carbocycles. The highest BCUT2D eigenvalue weighted by Gasteiger charge is 2.13. The summed E-state index contributed by atoms with van der Waals surface area (Å²) in [6.07, 6.45) is 1.67. The minimum absolute atomic E-state index is 0.0824. The molecule has 2 aromatic rings. The lowest BCUT2D eigenvalue weighted by atomic mass is 10.1. The highest BCUT2D eigenvalue weighted by atomic mass is 32.2. The monoisotopic (exact) mass is 366 g/mol. The van der Waals surface area contributed by atoms with Gasteiger partial charge in [-0.3, -0.25) is 9.69 Å². The van der Waals surface area contributed by atoms with Crippen LogP contribution in [0.4, 0.5) is 5.69 Å². The molecule has 3 rings (SSSR count). The molecule has 26 heavy (non-hydrogen) atoms. The molecule has 0 unspecified atom stereocenters. The van der Waals surface area contributed by atoms with E-state index in [1.807, 2.05) is 61.2 Å². The Morgan fingerprint density at radius 3 is 2.58 bits per heavy atom. The topological polar surface area (TPSA) is 32.3 Å². The van der Waals surface area contributed by atoms with Gasteiger partial charge in [0.25, 0.3) is 0 Å². The summed E-state index contributed by atoms with van der Waals surface area (Å²) in [5, 5.41) is 3.05. The number of anilines is 1. The first-order valence-electron chi connectivity index (χ1n) is 9.07. The van der Waals surface area contributed by atoms with Crippen LogP contribution in [0.15, 0.2) is 54.6 Å². The zero-order valence-electron chi connectivity index (χ0n) is 15.5. The summed E-state index contributed by atoms with van der Waals surface area (Å²) >= 11 is 2.02. The lowest BCUT2D eigenvalue weighted by Gasteiger charge is -2.27. The smallest absolute Gasteiger partial charge is 0.248 e. The quantitative estimate of drug-likeness (QED) is 0.786. The van der Waals surface area contributed by atoms with E-state index in [1.165, 1.54) is 17.1 Å². The molecule has 0 aromatic heterocycles. The largest absolute Gasteiger partial charge is 0.322 e. The first-order chi connectivity index (χ1) is 12.6. The van der Waals surface area contributed by atoms with E-state index in [-0.39, 0.29) is 5.91 Å². The maximum absolute atomic E-state index is 12.4. The van der Waals surface area contributed by atoms with Gasteiger partial charge in [0.05, 0.1) is 0 Å². The van der Waals surface area contributed by atoms with Gasteiger partial charge in [0.15, 0.2) is 0 Å². The molecular formula is C22H26N2OS. The molecule has 0 aliphatic carbocycles. The number of carbonyl (C=O) groups is 1. The van der Waals surface area contributed by atoms with Gasteiger partial charge in [-0.1, -0.05) is 42.5 Å². The van der Waals surface area contributed by atoms with Gasteiger partial charge in [-0.2, -0.15) is 11.8 Å². The molecule has 0 atom stereocenters. The zero-order chi connectivity index (χ0) is 18.4. The number of nitrogens with zero attached hydrogens (tertiary/aromatic N) is 1. The fraction of sp³-hybridized carbons (Fsp3) is 0.318. The molecule has 1 N–H and O–H groups in total. The van der Waals surface area contributed by atoms with Crippen LogP contribution in [-0.4, -0.2) is 35.4 Å². The Kier molecular flexibility index (Phi) is 6.53. The van der Waals surface area contributed by atoms with Crippen molar-refractivity contribution in [3.63, 3.8) is 0 Å². The standard InChI is InChI=1S/C22H26N2OS/c1-17(19-7-4-3-5-8-19)15-22(25)23-21-10-6-9-20(18(21)2)16-24-11-13-26-14-12-24/h3-10,15H,11-14,16H2,1-2H3,(H,23,25)/b17-15-. The fourth-order valence-corrected chi connectivity index (χ4v) is 4.12. The van der Waals surface area contributed by atoms with E-state index < -0.39 is 0 Å². The van der Waals surface area contributed by atoms with E-state index in [9.17, 15) is 4.79 Å². The third kappa shape index (κ3) is 4.99. The molecule has 3 nitrogen and oxygen atoms in total. The maximum Gasteiger partial charge on any atom is 0.248 e. The van der Waals surface area contributed by atoms with Gasteiger partial charge in [0.2, 0.25) is 5.91 Å². The van der Waals surface area contributed by atoms with Gasteiger partial charge < -0.3 is 5.32 Å². The summed E-state index contributed by atoms with van der Waals surface area (Å²) < 4.78 is 0. The number of benzene rings is 2. The van der Waals surface area contributed by atoms with Gasteiger partial charge >= 0.3 is 0 Å². The van der Waals surface area contributed by atoms with E-state index in [1.54, 1.807) is 6.08 Å². The van der Waals surface area contributed by atoms with E-state index >= 15 is 0 Å². The number of hydrogen-bond donors (Lipinski definition) is 1. The molecule has 1 fully saturated rings. The summed E-state index contributed by atoms with van der Waals surface area (Å²) in [6, 6.07) is 16.2. The molecule has 0 bridgehead atoms. The van der Waals surface area contributed by atoms with Crippen LogP contribution in [0.3, 0.4) is 0 Å². The Morgan fingerprint density at radius 2 is 1.85 bits per heavy atom. The SMILES string of the molecule is C/C(=C/C(=O)Nc1cccc(CN2CCSCC2)c1C)c1ccccc1. The second-order valence-corrected chi connectivity index (χ2v) is 7.89. The number of nitrogens with one attached hydrogen (secondary N) is 1. The van der Waals surface area contributed by atoms with Crippen molar-refractivity contribution in [1.29, 1.82) is 0 Å². The first kappa shape index (κ1) is 18.7. The van der Waals surface area contributed by atoms with Crippen LogP contribution in [0.5, 0.6) is 0 Å². The second-order valence-electron chi connectivity index (χ2n) is 6.66. The lowest BCUT2D eigenvalue weighted by molar-refractivity contribution is -0.111. The minimum atomic E-state index is -0.0824. The molecule has 1 aliphatic rings. The molecule has 1 aliphatic heterocycles. The maximum atomic E-state index is 12.4. The van der Waals surface area contributed by atoms with Crippen molar-refractivity contribution in [2.45, 2.75) is 20.4 Å². The first-order valence-corrected chi connectivity index (χ1v) is 10.2. The molecule has 1 heterocycles. The Hall–Kier alpha value is -2.04. The van der Waals surface area contributed by atoms with Crippen LogP contribution >= 0.6 is 11.8 Å². The van der Waals surface area contributed by atoms with Crippen molar-refractivity contribution >= 4 is 28.9 Å². The summed E-state index contributed by atoms with van der Waals surface area (Å²) in [4.78, 5) is 14.9. The van der Waals surface area contributed by atoms with Gasteiger partial charge in [-0.05, 0) is 42.2 Å². The van der Waals surface area contributed by atoms with E-state index in [0.717, 1.165) is 42.0 Å². The molecule has 1 amide bonds. The van der Waals surface area contributed by atoms with Gasteiger partial charge in [-0.25, -0.2) is 0 Å². The number of amides is 1. The van der Waals surface area contributed by atoms with Crippen LogP contribution in [0, 0.1) is 6.92 Å². The normalized spacial score (nSPS) is 15.7.